The van der Waals surface area contributed by atoms with Gasteiger partial charge in [-0.2, -0.15) is 0 Å². The van der Waals surface area contributed by atoms with Crippen LogP contribution in [0.3, 0.4) is 0 Å². The molecule has 0 bridgehead atoms. The molecular weight excluding hydrogens is 677 g/mol. The first-order valence-corrected chi connectivity index (χ1v) is 16.9. The van der Waals surface area contributed by atoms with Gasteiger partial charge in [-0.1, -0.05) is 94.3 Å². The number of methoxy groups -OCH3 is 1. The highest BCUT2D eigenvalue weighted by atomic mass is 35.5. The van der Waals surface area contributed by atoms with Crippen LogP contribution >= 0.6 is 46.3 Å². The van der Waals surface area contributed by atoms with Crippen molar-refractivity contribution in [1.29, 1.82) is 0 Å². The Morgan fingerprint density at radius 3 is 2.40 bits per heavy atom. The summed E-state index contributed by atoms with van der Waals surface area (Å²) in [6, 6.07) is 26.0. The van der Waals surface area contributed by atoms with E-state index in [-0.39, 0.29) is 16.5 Å². The lowest BCUT2D eigenvalue weighted by Crippen LogP contribution is -2.29. The molecule has 2 heterocycles. The zero-order chi connectivity index (χ0) is 33.1. The van der Waals surface area contributed by atoms with Crippen LogP contribution in [0.4, 0.5) is 5.13 Å². The van der Waals surface area contributed by atoms with E-state index in [2.05, 4.69) is 10.2 Å². The molecule has 0 radical (unpaired) electrons. The van der Waals surface area contributed by atoms with Crippen molar-refractivity contribution in [2.24, 2.45) is 0 Å². The molecule has 6 rings (SSSR count). The summed E-state index contributed by atoms with van der Waals surface area (Å²) < 4.78 is 11.8. The number of aliphatic hydroxyl groups is 1. The molecular formula is C35H27Cl2N3O5S2. The highest BCUT2D eigenvalue weighted by Gasteiger charge is 2.48. The van der Waals surface area contributed by atoms with E-state index in [9.17, 15) is 14.7 Å². The van der Waals surface area contributed by atoms with Gasteiger partial charge in [0.05, 0.1) is 18.7 Å². The molecule has 1 aromatic heterocycles. The topological polar surface area (TPSA) is 102 Å². The third kappa shape index (κ3) is 7.16. The SMILES string of the molecule is COc1ccc(C2/C(=C(\O)c3ccc(OCc4cccc(C)c4)cc3)C(=O)C(=O)N2c2nnc(SCc3ccc(Cl)cc3Cl)s2)cc1. The molecule has 1 amide bonds. The third-order valence-electron chi connectivity index (χ3n) is 7.46. The Labute approximate surface area is 289 Å². The van der Waals surface area contributed by atoms with E-state index in [4.69, 9.17) is 32.7 Å². The Bertz CT molecular complexity index is 1980. The van der Waals surface area contributed by atoms with E-state index >= 15 is 0 Å². The lowest BCUT2D eigenvalue weighted by molar-refractivity contribution is -0.132. The van der Waals surface area contributed by atoms with Crippen LogP contribution in [0.1, 0.15) is 33.9 Å². The molecule has 12 heteroatoms. The summed E-state index contributed by atoms with van der Waals surface area (Å²) in [5, 5.41) is 21.4. The van der Waals surface area contributed by atoms with Crippen LogP contribution in [-0.4, -0.2) is 34.1 Å². The second-order valence-corrected chi connectivity index (χ2v) is 13.6. The number of amides is 1. The fraction of sp³-hybridized carbons (Fsp3) is 0.143. The van der Waals surface area contributed by atoms with Crippen molar-refractivity contribution in [2.75, 3.05) is 12.0 Å². The summed E-state index contributed by atoms with van der Waals surface area (Å²) in [6.45, 7) is 2.40. The number of carbonyl (C=O) groups is 2. The number of rotatable bonds is 10. The molecule has 1 unspecified atom stereocenters. The van der Waals surface area contributed by atoms with Crippen LogP contribution in [0, 0.1) is 6.92 Å². The smallest absolute Gasteiger partial charge is 0.301 e. The van der Waals surface area contributed by atoms with Crippen molar-refractivity contribution in [3.05, 3.63) is 134 Å². The maximum atomic E-state index is 13.6. The van der Waals surface area contributed by atoms with E-state index < -0.39 is 17.7 Å². The Kier molecular flexibility index (Phi) is 9.84. The average Bonchev–Trinajstić information content (AvgIpc) is 3.65. The van der Waals surface area contributed by atoms with Gasteiger partial charge >= 0.3 is 5.91 Å². The van der Waals surface area contributed by atoms with Crippen molar-refractivity contribution in [2.45, 2.75) is 29.7 Å². The van der Waals surface area contributed by atoms with Crippen LogP contribution < -0.4 is 14.4 Å². The number of Topliss-reactive ketones (excluding diaryl/α,β-unsaturated/α-hetero) is 1. The molecule has 47 heavy (non-hydrogen) atoms. The van der Waals surface area contributed by atoms with Crippen LogP contribution in [0.15, 0.2) is 101 Å². The quantitative estimate of drug-likeness (QED) is 0.0507. The minimum atomic E-state index is -0.963. The first-order chi connectivity index (χ1) is 22.7. The number of ketones is 1. The minimum absolute atomic E-state index is 0.0639. The molecule has 1 aliphatic heterocycles. The molecule has 0 spiro atoms. The summed E-state index contributed by atoms with van der Waals surface area (Å²) in [4.78, 5) is 28.5. The standard InChI is InChI=1S/C35H27Cl2N3O5S2/c1-20-4-3-5-21(16-20)18-45-27-14-9-23(10-15-27)31(41)29-30(22-7-12-26(44-2)13-8-22)40(33(43)32(29)42)34-38-39-35(47-34)46-19-24-6-11-25(36)17-28(24)37/h3-17,30,41H,18-19H2,1-2H3/b31-29+. The van der Waals surface area contributed by atoms with Gasteiger partial charge in [-0.15, -0.1) is 10.2 Å². The lowest BCUT2D eigenvalue weighted by Gasteiger charge is -2.22. The molecule has 0 saturated carbocycles. The van der Waals surface area contributed by atoms with Crippen LogP contribution in [-0.2, 0) is 21.9 Å². The third-order valence-corrected chi connectivity index (χ3v) is 10.2. The van der Waals surface area contributed by atoms with E-state index in [0.717, 1.165) is 16.7 Å². The van der Waals surface area contributed by atoms with E-state index in [1.165, 1.54) is 28.0 Å². The molecule has 4 aromatic carbocycles. The van der Waals surface area contributed by atoms with Crippen molar-refractivity contribution in [3.63, 3.8) is 0 Å². The van der Waals surface area contributed by atoms with Gasteiger partial charge < -0.3 is 14.6 Å². The molecule has 8 nitrogen and oxygen atoms in total. The second kappa shape index (κ2) is 14.2. The number of thioether (sulfide) groups is 1. The highest BCUT2D eigenvalue weighted by molar-refractivity contribution is 8.00. The number of ether oxygens (including phenoxy) is 2. The van der Waals surface area contributed by atoms with Gasteiger partial charge in [-0.25, -0.2) is 0 Å². The first kappa shape index (κ1) is 32.6. The number of benzene rings is 4. The number of anilines is 1. The lowest BCUT2D eigenvalue weighted by atomic mass is 9.95. The van der Waals surface area contributed by atoms with Crippen LogP contribution in [0.25, 0.3) is 5.76 Å². The number of nitrogens with zero attached hydrogens (tertiary/aromatic N) is 3. The van der Waals surface area contributed by atoms with Crippen LogP contribution in [0.5, 0.6) is 11.5 Å². The average molecular weight is 705 g/mol. The first-order valence-electron chi connectivity index (χ1n) is 14.4. The molecule has 1 N–H and O–H groups in total. The number of hydrogen-bond acceptors (Lipinski definition) is 9. The summed E-state index contributed by atoms with van der Waals surface area (Å²) in [7, 11) is 1.55. The predicted octanol–water partition coefficient (Wildman–Crippen LogP) is 8.66. The number of aromatic nitrogens is 2. The van der Waals surface area contributed by atoms with Crippen LogP contribution in [0.2, 0.25) is 10.0 Å². The largest absolute Gasteiger partial charge is 0.507 e. The molecule has 1 fully saturated rings. The minimum Gasteiger partial charge on any atom is -0.507 e. The summed E-state index contributed by atoms with van der Waals surface area (Å²) in [6.07, 6.45) is 0. The predicted molar refractivity (Wildman–Crippen MR) is 186 cm³/mol. The molecule has 5 aromatic rings. The van der Waals surface area contributed by atoms with Crippen molar-refractivity contribution >= 4 is 68.9 Å². The number of aryl methyl sites for hydroxylation is 1. The monoisotopic (exact) mass is 703 g/mol. The Morgan fingerprint density at radius 1 is 0.957 bits per heavy atom. The number of hydrogen-bond donors (Lipinski definition) is 1. The van der Waals surface area contributed by atoms with Crippen molar-refractivity contribution in [1.82, 2.24) is 10.2 Å². The normalized spacial score (nSPS) is 15.7. The number of carbonyl (C=O) groups excluding carboxylic acids is 2. The molecule has 1 atom stereocenters. The number of aliphatic hydroxyl groups excluding tert-OH is 1. The van der Waals surface area contributed by atoms with Gasteiger partial charge in [0.1, 0.15) is 23.9 Å². The van der Waals surface area contributed by atoms with Gasteiger partial charge in [0, 0.05) is 21.4 Å². The second-order valence-electron chi connectivity index (χ2n) is 10.6. The van der Waals surface area contributed by atoms with E-state index in [1.807, 2.05) is 37.3 Å². The Hall–Kier alpha value is -4.35. The maximum absolute atomic E-state index is 13.6. The van der Waals surface area contributed by atoms with Crippen molar-refractivity contribution in [3.8, 4) is 11.5 Å². The van der Waals surface area contributed by atoms with Crippen molar-refractivity contribution < 1.29 is 24.2 Å². The highest BCUT2D eigenvalue weighted by Crippen LogP contribution is 2.44. The van der Waals surface area contributed by atoms with E-state index in [0.29, 0.717) is 49.4 Å². The molecule has 1 aliphatic rings. The Balaban J connectivity index is 1.30. The zero-order valence-electron chi connectivity index (χ0n) is 25.1. The fourth-order valence-electron chi connectivity index (χ4n) is 5.10. The summed E-state index contributed by atoms with van der Waals surface area (Å²) in [5.41, 5.74) is 3.91. The van der Waals surface area contributed by atoms with Gasteiger partial charge in [0.2, 0.25) is 5.13 Å². The van der Waals surface area contributed by atoms with E-state index in [1.54, 1.807) is 67.8 Å². The van der Waals surface area contributed by atoms with Gasteiger partial charge in [0.25, 0.3) is 5.78 Å². The van der Waals surface area contributed by atoms with Gasteiger partial charge in [0.15, 0.2) is 4.34 Å². The maximum Gasteiger partial charge on any atom is 0.301 e. The Morgan fingerprint density at radius 2 is 1.70 bits per heavy atom. The molecule has 238 valence electrons. The van der Waals surface area contributed by atoms with Gasteiger partial charge in [-0.05, 0) is 72.1 Å². The molecule has 0 aliphatic carbocycles. The number of halogens is 2. The van der Waals surface area contributed by atoms with Gasteiger partial charge in [-0.3, -0.25) is 14.5 Å². The summed E-state index contributed by atoms with van der Waals surface area (Å²) in [5.74, 6) is -0.278. The summed E-state index contributed by atoms with van der Waals surface area (Å²) >= 11 is 14.9. The zero-order valence-corrected chi connectivity index (χ0v) is 28.3. The molecule has 1 saturated heterocycles. The fourth-order valence-corrected chi connectivity index (χ4v) is 7.53.